The van der Waals surface area contributed by atoms with E-state index in [-0.39, 0.29) is 11.8 Å². The van der Waals surface area contributed by atoms with Gasteiger partial charge in [0.05, 0.1) is 12.1 Å². The van der Waals surface area contributed by atoms with Crippen LogP contribution in [0.25, 0.3) is 0 Å². The first kappa shape index (κ1) is 11.3. The summed E-state index contributed by atoms with van der Waals surface area (Å²) in [6.07, 6.45) is 0.874. The summed E-state index contributed by atoms with van der Waals surface area (Å²) in [5.41, 5.74) is 6.57. The Morgan fingerprint density at radius 3 is 2.64 bits per heavy atom. The van der Waals surface area contributed by atoms with Gasteiger partial charge in [-0.3, -0.25) is 4.79 Å². The lowest BCUT2D eigenvalue weighted by Gasteiger charge is -2.01. The average Bonchev–Trinajstić information content (AvgIpc) is 2.28. The first-order valence-electron chi connectivity index (χ1n) is 4.69. The SMILES string of the molecule is Cc1nc(CC(=O)CC(C)N)sc1C. The van der Waals surface area contributed by atoms with Crippen LogP contribution in [-0.4, -0.2) is 16.8 Å². The number of thiazole rings is 1. The van der Waals surface area contributed by atoms with Crippen molar-refractivity contribution in [1.82, 2.24) is 4.98 Å². The highest BCUT2D eigenvalue weighted by atomic mass is 32.1. The van der Waals surface area contributed by atoms with Gasteiger partial charge in [-0.1, -0.05) is 0 Å². The molecule has 4 heteroatoms. The Kier molecular flexibility index (Phi) is 3.77. The second-order valence-corrected chi connectivity index (χ2v) is 4.93. The molecule has 0 aromatic carbocycles. The standard InChI is InChI=1S/C10H16N2OS/c1-6(11)4-9(13)5-10-12-7(2)8(3)14-10/h6H,4-5,11H2,1-3H3. The maximum atomic E-state index is 11.4. The third-order valence-electron chi connectivity index (χ3n) is 1.97. The molecule has 14 heavy (non-hydrogen) atoms. The Bertz CT molecular complexity index is 311. The van der Waals surface area contributed by atoms with Gasteiger partial charge in [-0.05, 0) is 20.8 Å². The summed E-state index contributed by atoms with van der Waals surface area (Å²) in [5.74, 6) is 0.175. The molecule has 0 amide bonds. The molecule has 0 bridgehead atoms. The summed E-state index contributed by atoms with van der Waals surface area (Å²) >= 11 is 1.60. The highest BCUT2D eigenvalue weighted by Crippen LogP contribution is 2.17. The minimum absolute atomic E-state index is 0.0512. The molecule has 0 fully saturated rings. The van der Waals surface area contributed by atoms with Crippen LogP contribution in [0.2, 0.25) is 0 Å². The Morgan fingerprint density at radius 1 is 1.57 bits per heavy atom. The predicted molar refractivity (Wildman–Crippen MR) is 58.6 cm³/mol. The largest absolute Gasteiger partial charge is 0.328 e. The molecular weight excluding hydrogens is 196 g/mol. The van der Waals surface area contributed by atoms with E-state index in [9.17, 15) is 4.79 Å². The monoisotopic (exact) mass is 212 g/mol. The summed E-state index contributed by atoms with van der Waals surface area (Å²) in [5, 5.41) is 0.908. The van der Waals surface area contributed by atoms with Crippen molar-refractivity contribution in [3.63, 3.8) is 0 Å². The van der Waals surface area contributed by atoms with Crippen molar-refractivity contribution >= 4 is 17.1 Å². The maximum Gasteiger partial charge on any atom is 0.141 e. The molecule has 1 heterocycles. The fourth-order valence-corrected chi connectivity index (χ4v) is 2.18. The van der Waals surface area contributed by atoms with E-state index in [1.165, 1.54) is 4.88 Å². The number of ketones is 1. The number of carbonyl (C=O) groups is 1. The van der Waals surface area contributed by atoms with Gasteiger partial charge < -0.3 is 5.73 Å². The lowest BCUT2D eigenvalue weighted by molar-refractivity contribution is -0.118. The van der Waals surface area contributed by atoms with Crippen LogP contribution >= 0.6 is 11.3 Å². The van der Waals surface area contributed by atoms with Gasteiger partial charge in [0.15, 0.2) is 0 Å². The zero-order chi connectivity index (χ0) is 10.7. The normalized spacial score (nSPS) is 12.9. The Hall–Kier alpha value is -0.740. The third-order valence-corrected chi connectivity index (χ3v) is 3.04. The van der Waals surface area contributed by atoms with Crippen molar-refractivity contribution in [2.45, 2.75) is 39.7 Å². The minimum atomic E-state index is -0.0512. The summed E-state index contributed by atoms with van der Waals surface area (Å²) in [4.78, 5) is 16.9. The molecule has 3 nitrogen and oxygen atoms in total. The summed E-state index contributed by atoms with van der Waals surface area (Å²) < 4.78 is 0. The number of Topliss-reactive ketones (excluding diaryl/α,β-unsaturated/α-hetero) is 1. The van der Waals surface area contributed by atoms with Crippen molar-refractivity contribution in [2.24, 2.45) is 5.73 Å². The number of hydrogen-bond donors (Lipinski definition) is 1. The van der Waals surface area contributed by atoms with Gasteiger partial charge in [0.2, 0.25) is 0 Å². The number of aromatic nitrogens is 1. The van der Waals surface area contributed by atoms with Crippen LogP contribution in [-0.2, 0) is 11.2 Å². The van der Waals surface area contributed by atoms with Crippen molar-refractivity contribution < 1.29 is 4.79 Å². The number of nitrogens with zero attached hydrogens (tertiary/aromatic N) is 1. The fourth-order valence-electron chi connectivity index (χ4n) is 1.21. The molecule has 0 saturated heterocycles. The zero-order valence-corrected chi connectivity index (χ0v) is 9.65. The number of rotatable bonds is 4. The van der Waals surface area contributed by atoms with Crippen LogP contribution in [0.5, 0.6) is 0 Å². The molecule has 1 unspecified atom stereocenters. The van der Waals surface area contributed by atoms with Crippen molar-refractivity contribution in [1.29, 1.82) is 0 Å². The topological polar surface area (TPSA) is 56.0 Å². The molecule has 0 saturated carbocycles. The average molecular weight is 212 g/mol. The molecule has 1 aromatic rings. The highest BCUT2D eigenvalue weighted by molar-refractivity contribution is 7.11. The molecule has 2 N–H and O–H groups in total. The molecule has 0 aliphatic rings. The number of carbonyl (C=O) groups excluding carboxylic acids is 1. The Balaban J connectivity index is 2.56. The fraction of sp³-hybridized carbons (Fsp3) is 0.600. The van der Waals surface area contributed by atoms with Gasteiger partial charge in [-0.25, -0.2) is 4.98 Å². The van der Waals surface area contributed by atoms with E-state index in [1.807, 2.05) is 20.8 Å². The van der Waals surface area contributed by atoms with Crippen molar-refractivity contribution in [3.05, 3.63) is 15.6 Å². The molecule has 0 aliphatic heterocycles. The highest BCUT2D eigenvalue weighted by Gasteiger charge is 2.10. The number of aryl methyl sites for hydroxylation is 2. The third kappa shape index (κ3) is 3.20. The minimum Gasteiger partial charge on any atom is -0.328 e. The van der Waals surface area contributed by atoms with E-state index in [4.69, 9.17) is 5.73 Å². The van der Waals surface area contributed by atoms with Crippen LogP contribution in [0.15, 0.2) is 0 Å². The van der Waals surface area contributed by atoms with Gasteiger partial charge in [0.1, 0.15) is 10.8 Å². The van der Waals surface area contributed by atoms with Crippen LogP contribution in [0.1, 0.15) is 28.9 Å². The van der Waals surface area contributed by atoms with E-state index in [0.29, 0.717) is 12.8 Å². The summed E-state index contributed by atoms with van der Waals surface area (Å²) in [6.45, 7) is 5.83. The van der Waals surface area contributed by atoms with Gasteiger partial charge in [0, 0.05) is 17.3 Å². The molecule has 1 atom stereocenters. The number of nitrogens with two attached hydrogens (primary N) is 1. The van der Waals surface area contributed by atoms with Gasteiger partial charge in [-0.2, -0.15) is 0 Å². The van der Waals surface area contributed by atoms with Gasteiger partial charge in [0.25, 0.3) is 0 Å². The summed E-state index contributed by atoms with van der Waals surface area (Å²) in [7, 11) is 0. The van der Waals surface area contributed by atoms with E-state index >= 15 is 0 Å². The van der Waals surface area contributed by atoms with E-state index < -0.39 is 0 Å². The molecule has 0 spiro atoms. The Labute approximate surface area is 88.3 Å². The molecule has 1 rings (SSSR count). The second kappa shape index (κ2) is 4.66. The first-order chi connectivity index (χ1) is 6.49. The lowest BCUT2D eigenvalue weighted by Crippen LogP contribution is -2.20. The smallest absolute Gasteiger partial charge is 0.141 e. The van der Waals surface area contributed by atoms with E-state index in [2.05, 4.69) is 4.98 Å². The van der Waals surface area contributed by atoms with Crippen LogP contribution in [0.3, 0.4) is 0 Å². The van der Waals surface area contributed by atoms with Crippen LogP contribution in [0.4, 0.5) is 0 Å². The lowest BCUT2D eigenvalue weighted by atomic mass is 10.1. The number of hydrogen-bond acceptors (Lipinski definition) is 4. The molecule has 78 valence electrons. The Morgan fingerprint density at radius 2 is 2.21 bits per heavy atom. The van der Waals surface area contributed by atoms with Crippen molar-refractivity contribution in [3.8, 4) is 0 Å². The predicted octanol–water partition coefficient (Wildman–Crippen LogP) is 1.61. The van der Waals surface area contributed by atoms with Gasteiger partial charge in [-0.15, -0.1) is 11.3 Å². The van der Waals surface area contributed by atoms with E-state index in [1.54, 1.807) is 11.3 Å². The molecule has 0 aliphatic carbocycles. The zero-order valence-electron chi connectivity index (χ0n) is 8.83. The van der Waals surface area contributed by atoms with Gasteiger partial charge >= 0.3 is 0 Å². The maximum absolute atomic E-state index is 11.4. The first-order valence-corrected chi connectivity index (χ1v) is 5.51. The molecular formula is C10H16N2OS. The van der Waals surface area contributed by atoms with Crippen molar-refractivity contribution in [2.75, 3.05) is 0 Å². The van der Waals surface area contributed by atoms with Crippen LogP contribution < -0.4 is 5.73 Å². The molecule has 1 aromatic heterocycles. The second-order valence-electron chi connectivity index (χ2n) is 3.65. The van der Waals surface area contributed by atoms with E-state index in [0.717, 1.165) is 10.7 Å². The van der Waals surface area contributed by atoms with Crippen LogP contribution in [0, 0.1) is 13.8 Å². The summed E-state index contributed by atoms with van der Waals surface area (Å²) in [6, 6.07) is -0.0512. The molecule has 0 radical (unpaired) electrons. The quantitative estimate of drug-likeness (QED) is 0.825.